The summed E-state index contributed by atoms with van der Waals surface area (Å²) in [4.78, 5) is 18.4. The third kappa shape index (κ3) is 5.44. The van der Waals surface area contributed by atoms with Gasteiger partial charge in [0.05, 0.1) is 40.3 Å². The molecule has 0 unspecified atom stereocenters. The Hall–Kier alpha value is -3.31. The molecule has 3 aromatic carbocycles. The first kappa shape index (κ1) is 28.8. The predicted octanol–water partition coefficient (Wildman–Crippen LogP) is 6.95. The highest BCUT2D eigenvalue weighted by molar-refractivity contribution is 6.32. The van der Waals surface area contributed by atoms with Gasteiger partial charge in [0.2, 0.25) is 0 Å². The van der Waals surface area contributed by atoms with E-state index in [4.69, 9.17) is 32.7 Å². The summed E-state index contributed by atoms with van der Waals surface area (Å²) in [5.74, 6) is -2.40. The average molecular weight is 620 g/mol. The molecule has 1 N–H and O–H groups in total. The molecule has 2 atom stereocenters. The lowest BCUT2D eigenvalue weighted by molar-refractivity contribution is -0.0592. The first-order valence-corrected chi connectivity index (χ1v) is 14.2. The number of nitrogens with zero attached hydrogens (tertiary/aromatic N) is 3. The number of ether oxygens (including phenoxy) is 2. The Morgan fingerprint density at radius 1 is 1.10 bits per heavy atom. The van der Waals surface area contributed by atoms with Crippen molar-refractivity contribution in [3.63, 3.8) is 0 Å². The van der Waals surface area contributed by atoms with Crippen LogP contribution in [0.5, 0.6) is 5.75 Å². The minimum absolute atomic E-state index is 0.00740. The first-order chi connectivity index (χ1) is 20.1. The fourth-order valence-electron chi connectivity index (χ4n) is 5.52. The number of imidazole rings is 1. The normalized spacial score (nSPS) is 18.6. The summed E-state index contributed by atoms with van der Waals surface area (Å²) in [7, 11) is 0. The van der Waals surface area contributed by atoms with E-state index in [0.29, 0.717) is 54.8 Å². The Balaban J connectivity index is 1.28. The molecule has 2 aliphatic rings. The highest BCUT2D eigenvalue weighted by Crippen LogP contribution is 2.38. The van der Waals surface area contributed by atoms with Gasteiger partial charge in [-0.2, -0.15) is 0 Å². The smallest absolute Gasteiger partial charge is 0.335 e. The molecule has 42 heavy (non-hydrogen) atoms. The molecule has 0 bridgehead atoms. The highest BCUT2D eigenvalue weighted by atomic mass is 35.5. The van der Waals surface area contributed by atoms with Crippen LogP contribution in [-0.2, 0) is 30.9 Å². The lowest BCUT2D eigenvalue weighted by Gasteiger charge is -2.36. The van der Waals surface area contributed by atoms with Crippen LogP contribution in [0.25, 0.3) is 11.0 Å². The predicted molar refractivity (Wildman–Crippen MR) is 151 cm³/mol. The number of carbonyl (C=O) groups is 1. The fraction of sp³-hybridized carbons (Fsp3) is 0.333. The summed E-state index contributed by atoms with van der Waals surface area (Å²) >= 11 is 12.1. The van der Waals surface area contributed by atoms with Crippen molar-refractivity contribution in [3.8, 4) is 5.75 Å². The zero-order valence-corrected chi connectivity index (χ0v) is 24.0. The molecule has 3 heterocycles. The molecule has 0 radical (unpaired) electrons. The van der Waals surface area contributed by atoms with Crippen molar-refractivity contribution >= 4 is 40.2 Å². The minimum Gasteiger partial charge on any atom is -0.487 e. The summed E-state index contributed by atoms with van der Waals surface area (Å²) in [6.07, 6.45) is 1.47. The standard InChI is InChI=1S/C30H26Cl2F3N3O4/c1-15-20-10-27(42-14-18-8-24(34)21(31)11-23(18)33)22(32)6-16(20)2-4-37(15)13-28-36-29-25(35)7-17(30(39)40)9-26(29)38(28)12-19-3-5-41-19/h6-11,15,19H,2-5,12-14H2,1H3,(H,39,40)/t15-,19-/m0/s1. The first-order valence-electron chi connectivity index (χ1n) is 13.4. The number of halogens is 5. The molecule has 0 aliphatic carbocycles. The van der Waals surface area contributed by atoms with E-state index in [-0.39, 0.29) is 40.4 Å². The number of carboxylic acid groups (broad SMARTS) is 1. The molecule has 1 aromatic heterocycles. The van der Waals surface area contributed by atoms with Gasteiger partial charge in [0.1, 0.15) is 35.3 Å². The van der Waals surface area contributed by atoms with Crippen molar-refractivity contribution in [2.24, 2.45) is 0 Å². The Morgan fingerprint density at radius 2 is 1.88 bits per heavy atom. The van der Waals surface area contributed by atoms with Gasteiger partial charge in [-0.25, -0.2) is 22.9 Å². The number of aromatic nitrogens is 2. The number of rotatable bonds is 8. The van der Waals surface area contributed by atoms with Gasteiger partial charge in [-0.15, -0.1) is 0 Å². The molecule has 6 rings (SSSR count). The van der Waals surface area contributed by atoms with Crippen LogP contribution in [-0.4, -0.2) is 44.8 Å². The summed E-state index contributed by atoms with van der Waals surface area (Å²) in [5.41, 5.74) is 2.38. The minimum atomic E-state index is -1.22. The molecule has 1 fully saturated rings. The summed E-state index contributed by atoms with van der Waals surface area (Å²) in [5, 5.41) is 9.53. The fourth-order valence-corrected chi connectivity index (χ4v) is 5.91. The number of aromatic carboxylic acids is 1. The summed E-state index contributed by atoms with van der Waals surface area (Å²) in [6.45, 7) is 3.91. The van der Waals surface area contributed by atoms with Crippen molar-refractivity contribution in [3.05, 3.63) is 92.0 Å². The van der Waals surface area contributed by atoms with Crippen molar-refractivity contribution in [1.82, 2.24) is 14.5 Å². The largest absolute Gasteiger partial charge is 0.487 e. The zero-order valence-electron chi connectivity index (χ0n) is 22.5. The average Bonchev–Trinajstić information content (AvgIpc) is 3.26. The van der Waals surface area contributed by atoms with Gasteiger partial charge in [0.15, 0.2) is 5.82 Å². The van der Waals surface area contributed by atoms with Gasteiger partial charge in [-0.3, -0.25) is 4.90 Å². The van der Waals surface area contributed by atoms with Crippen LogP contribution in [0.15, 0.2) is 36.4 Å². The van der Waals surface area contributed by atoms with E-state index in [1.807, 2.05) is 23.6 Å². The molecule has 0 saturated carbocycles. The third-order valence-electron chi connectivity index (χ3n) is 7.99. The van der Waals surface area contributed by atoms with Crippen LogP contribution in [0.2, 0.25) is 10.0 Å². The lowest BCUT2D eigenvalue weighted by Crippen LogP contribution is -2.36. The van der Waals surface area contributed by atoms with E-state index in [9.17, 15) is 23.1 Å². The van der Waals surface area contributed by atoms with E-state index in [0.717, 1.165) is 35.7 Å². The zero-order chi connectivity index (χ0) is 29.7. The van der Waals surface area contributed by atoms with Crippen LogP contribution in [0.1, 0.15) is 52.3 Å². The Bertz CT molecular complexity index is 1710. The number of fused-ring (bicyclic) bond motifs is 2. The maximum atomic E-state index is 15.0. The number of hydrogen-bond donors (Lipinski definition) is 1. The van der Waals surface area contributed by atoms with E-state index >= 15 is 0 Å². The molecule has 4 aromatic rings. The SMILES string of the molecule is C[C@H]1c2cc(OCc3cc(F)c(Cl)cc3F)c(Cl)cc2CCN1Cc1nc2c(F)cc(C(=O)O)cc2n1C[C@@H]1CCO1. The van der Waals surface area contributed by atoms with E-state index in [1.54, 1.807) is 0 Å². The molecule has 2 aliphatic heterocycles. The Kier molecular flexibility index (Phi) is 7.82. The third-order valence-corrected chi connectivity index (χ3v) is 8.57. The van der Waals surface area contributed by atoms with Gasteiger partial charge >= 0.3 is 5.97 Å². The Morgan fingerprint density at radius 3 is 2.60 bits per heavy atom. The number of carboxylic acids is 1. The van der Waals surface area contributed by atoms with Crippen molar-refractivity contribution in [2.75, 3.05) is 13.2 Å². The van der Waals surface area contributed by atoms with E-state index < -0.39 is 23.4 Å². The van der Waals surface area contributed by atoms with Gasteiger partial charge < -0.3 is 19.1 Å². The molecule has 0 spiro atoms. The molecule has 0 amide bonds. The van der Waals surface area contributed by atoms with Crippen LogP contribution < -0.4 is 4.74 Å². The lowest BCUT2D eigenvalue weighted by atomic mass is 9.93. The van der Waals surface area contributed by atoms with Crippen molar-refractivity contribution < 1.29 is 32.5 Å². The summed E-state index contributed by atoms with van der Waals surface area (Å²) in [6, 6.07) is 7.85. The molecule has 220 valence electrons. The molecule has 7 nitrogen and oxygen atoms in total. The van der Waals surface area contributed by atoms with Crippen LogP contribution in [0.4, 0.5) is 13.2 Å². The van der Waals surface area contributed by atoms with E-state index in [2.05, 4.69) is 9.88 Å². The number of benzene rings is 3. The second kappa shape index (κ2) is 11.4. The van der Waals surface area contributed by atoms with Gasteiger partial charge in [-0.1, -0.05) is 23.2 Å². The van der Waals surface area contributed by atoms with Gasteiger partial charge in [-0.05, 0) is 67.3 Å². The van der Waals surface area contributed by atoms with Gasteiger partial charge in [0.25, 0.3) is 0 Å². The second-order valence-corrected chi connectivity index (χ2v) is 11.4. The number of hydrogen-bond acceptors (Lipinski definition) is 5. The summed E-state index contributed by atoms with van der Waals surface area (Å²) < 4.78 is 56.4. The van der Waals surface area contributed by atoms with Crippen molar-refractivity contribution in [2.45, 2.75) is 51.6 Å². The molecular formula is C30H26Cl2F3N3O4. The molecule has 1 saturated heterocycles. The quantitative estimate of drug-likeness (QED) is 0.215. The van der Waals surface area contributed by atoms with E-state index in [1.165, 1.54) is 6.07 Å². The maximum absolute atomic E-state index is 15.0. The highest BCUT2D eigenvalue weighted by Gasteiger charge is 2.29. The maximum Gasteiger partial charge on any atom is 0.335 e. The van der Waals surface area contributed by atoms with Crippen LogP contribution in [0, 0.1) is 17.5 Å². The monoisotopic (exact) mass is 619 g/mol. The molecular weight excluding hydrogens is 594 g/mol. The topological polar surface area (TPSA) is 76.8 Å². The molecule has 12 heteroatoms. The second-order valence-electron chi connectivity index (χ2n) is 10.6. The van der Waals surface area contributed by atoms with Crippen LogP contribution >= 0.6 is 23.2 Å². The van der Waals surface area contributed by atoms with Gasteiger partial charge in [0, 0.05) is 24.8 Å². The van der Waals surface area contributed by atoms with Crippen molar-refractivity contribution in [1.29, 1.82) is 0 Å². The Labute approximate surface area is 249 Å². The van der Waals surface area contributed by atoms with Crippen LogP contribution in [0.3, 0.4) is 0 Å².